The Morgan fingerprint density at radius 3 is 0.577 bits per heavy atom. The van der Waals surface area contributed by atoms with E-state index in [1.165, 1.54) is 63.1 Å². The van der Waals surface area contributed by atoms with Crippen molar-refractivity contribution >= 4 is 101 Å². The highest BCUT2D eigenvalue weighted by atomic mass is 16.2. The van der Waals surface area contributed by atoms with Gasteiger partial charge in [-0.05, 0) is 109 Å². The van der Waals surface area contributed by atoms with Crippen LogP contribution in [0.4, 0.5) is 17.1 Å². The van der Waals surface area contributed by atoms with Crippen LogP contribution in [0.15, 0.2) is 315 Å². The van der Waals surface area contributed by atoms with E-state index in [-0.39, 0.29) is 66.8 Å². The zero-order valence-corrected chi connectivity index (χ0v) is 75.6. The first kappa shape index (κ1) is 107. The fourth-order valence-electron chi connectivity index (χ4n) is 10.3. The monoisotopic (exact) mass is 1670 g/mol. The van der Waals surface area contributed by atoms with Crippen LogP contribution < -0.4 is 53.7 Å². The first-order valence-electron chi connectivity index (χ1n) is 42.8. The number of fused-ring (bicyclic) bond motifs is 5. The van der Waals surface area contributed by atoms with Gasteiger partial charge in [-0.25, -0.2) is 0 Å². The predicted octanol–water partition coefficient (Wildman–Crippen LogP) is 24.8. The lowest BCUT2D eigenvalue weighted by Crippen LogP contribution is -2.28. The molecule has 0 fully saturated rings. The van der Waals surface area contributed by atoms with Gasteiger partial charge in [-0.1, -0.05) is 310 Å². The molecule has 0 saturated heterocycles. The molecule has 2 aliphatic carbocycles. The predicted molar refractivity (Wildman–Crippen MR) is 521 cm³/mol. The van der Waals surface area contributed by atoms with Gasteiger partial charge in [-0.3, -0.25) is 47.9 Å². The second-order valence-electron chi connectivity index (χ2n) is 25.4. The third-order valence-electron chi connectivity index (χ3n) is 15.4. The summed E-state index contributed by atoms with van der Waals surface area (Å²) >= 11 is 0. The molecule has 2 aliphatic rings. The molecule has 13 aromatic rings. The highest BCUT2D eigenvalue weighted by molar-refractivity contribution is 6.08. The second-order valence-corrected chi connectivity index (χ2v) is 25.4. The average molecular weight is 1670 g/mol. The molecule has 15 rings (SSSR count). The van der Waals surface area contributed by atoms with E-state index in [0.717, 1.165) is 22.4 Å². The quantitative estimate of drug-likeness (QED) is 0.0617. The Morgan fingerprint density at radius 2 is 0.407 bits per heavy atom. The summed E-state index contributed by atoms with van der Waals surface area (Å²) in [7, 11) is 0. The minimum atomic E-state index is -0.414. The number of carbonyl (C=O) groups excluding carboxylic acids is 5. The Hall–Kier alpha value is -13.9. The lowest BCUT2D eigenvalue weighted by Gasteiger charge is -2.06. The Morgan fingerprint density at radius 1 is 0.244 bits per heavy atom. The van der Waals surface area contributed by atoms with Gasteiger partial charge in [0.2, 0.25) is 27.1 Å². The number of H-pyrrole nitrogens is 5. The Bertz CT molecular complexity index is 5240. The smallest absolute Gasteiger partial charge is 0.261 e. The first-order valence-corrected chi connectivity index (χ1v) is 42.8. The van der Waals surface area contributed by atoms with Crippen molar-refractivity contribution in [3.63, 3.8) is 0 Å². The van der Waals surface area contributed by atoms with Crippen molar-refractivity contribution < 1.29 is 24.0 Å². The van der Waals surface area contributed by atoms with Gasteiger partial charge in [-0.15, -0.1) is 0 Å². The number of aromatic nitrogens is 5. The number of hydrogen-bond donors (Lipinski definition) is 10. The number of rotatable bonds is 10. The summed E-state index contributed by atoms with van der Waals surface area (Å²) in [6, 6.07) is 62.7. The largest absolute Gasteiger partial charge is 0.360 e. The fraction of sp³-hybridized carbons (Fsp3) is 0.262. The van der Waals surface area contributed by atoms with Gasteiger partial charge in [0.1, 0.15) is 27.8 Å². The number of hydrogen-bond acceptors (Lipinski definition) is 10. The zero-order chi connectivity index (χ0) is 91.9. The van der Waals surface area contributed by atoms with Crippen LogP contribution in [0.2, 0.25) is 0 Å². The van der Waals surface area contributed by atoms with Crippen molar-refractivity contribution in [1.29, 1.82) is 0 Å². The Kier molecular flexibility index (Phi) is 55.8. The molecule has 20 nitrogen and oxygen atoms in total. The third kappa shape index (κ3) is 35.9. The maximum absolute atomic E-state index is 12.3. The summed E-state index contributed by atoms with van der Waals surface area (Å²) < 4.78 is 0. The van der Waals surface area contributed by atoms with Crippen LogP contribution in [0, 0.1) is 0 Å². The average Bonchev–Trinajstić information content (AvgIpc) is 1.55. The normalized spacial score (nSPS) is 10.2. The Labute approximate surface area is 726 Å². The number of para-hydroxylation sites is 8. The minimum absolute atomic E-state index is 0.104. The topological polar surface area (TPSA) is 310 Å². The van der Waals surface area contributed by atoms with Gasteiger partial charge in [-0.2, -0.15) is 0 Å². The van der Waals surface area contributed by atoms with E-state index < -0.39 is 17.7 Å². The molecular weight excluding hydrogens is 1540 g/mol. The molecule has 0 bridgehead atoms. The maximum Gasteiger partial charge on any atom is 0.261 e. The number of nitrogens with one attached hydrogen (secondary N) is 10. The van der Waals surface area contributed by atoms with E-state index in [0.29, 0.717) is 73.4 Å². The molecule has 0 atom stereocenters. The molecule has 0 saturated carbocycles. The summed E-state index contributed by atoms with van der Waals surface area (Å²) in [5, 5.41) is 16.2. The van der Waals surface area contributed by atoms with Crippen LogP contribution in [-0.4, -0.2) is 54.5 Å². The number of carbonyl (C=O) groups is 5. The molecule has 5 aromatic heterocycles. The molecule has 5 heterocycles. The van der Waals surface area contributed by atoms with Crippen molar-refractivity contribution in [3.8, 4) is 0 Å². The summed E-state index contributed by atoms with van der Waals surface area (Å²) in [5.74, 6) is -1.99. The minimum Gasteiger partial charge on any atom is -0.360 e. The highest BCUT2D eigenvalue weighted by Gasteiger charge is 2.19. The number of benzene rings is 8. The molecule has 5 amide bonds. The van der Waals surface area contributed by atoms with Crippen molar-refractivity contribution in [2.75, 3.05) is 16.0 Å². The molecule has 0 radical (unpaired) electrons. The lowest BCUT2D eigenvalue weighted by atomic mass is 10.1. The van der Waals surface area contributed by atoms with Crippen molar-refractivity contribution in [2.24, 2.45) is 0 Å². The molecule has 652 valence electrons. The molecule has 20 heteroatoms. The van der Waals surface area contributed by atoms with Gasteiger partial charge in [0, 0.05) is 127 Å². The van der Waals surface area contributed by atoms with Crippen LogP contribution >= 0.6 is 0 Å². The Balaban J connectivity index is 0.000000719. The van der Waals surface area contributed by atoms with E-state index in [1.54, 1.807) is 115 Å². The first-order chi connectivity index (χ1) is 59.8. The molecule has 10 N–H and O–H groups in total. The SMILES string of the molecule is CC.CC.CC.CC.CC.CCC.CCC.CCC.CCC.CCC.O=C(NC1=CC=CC1)c1c[nH]c2ccccc2c1=O.O=C(NC1=CC=CC1)c1c[nH]c2ccccc2c1=O.O=C(Nc1ccccc1)c1c[nH]c2ccccc2c1=O.O=C(Nc1ccccc1)c1c[nH]c2ccccc2c1=O.O=C(Nc1ccccc1)c1c[nH]c2ccccc2c1=O. The van der Waals surface area contributed by atoms with E-state index in [2.05, 4.69) is 121 Å². The summed E-state index contributed by atoms with van der Waals surface area (Å²) in [5.41, 5.74) is 6.44. The number of amides is 5. The van der Waals surface area contributed by atoms with Crippen molar-refractivity contribution in [2.45, 2.75) is 183 Å². The number of allylic oxidation sites excluding steroid dienone is 6. The standard InChI is InChI=1S/3C16H12N2O2.2C15H12N2O2.5C3H8.5C2H6/c3*19-15-12-8-4-5-9-14(12)17-10-13(15)16(20)18-11-6-2-1-3-7-11;2*18-14-11-7-3-4-8-13(11)16-9-12(14)15(19)17-10-5-1-2-6-10;5*1-3-2;5*1-2/h3*1-10H,(H,17,19)(H,18,20);2*1-5,7-9H,6H2,(H,16,18)(H,17,19);5*3H2,1-2H3;5*1-2H3. The summed E-state index contributed by atoms with van der Waals surface area (Å²) in [6.07, 6.45) is 26.2. The molecule has 0 unspecified atom stereocenters. The zero-order valence-electron chi connectivity index (χ0n) is 75.6. The van der Waals surface area contributed by atoms with Gasteiger partial charge >= 0.3 is 0 Å². The van der Waals surface area contributed by atoms with Crippen LogP contribution in [0.3, 0.4) is 0 Å². The van der Waals surface area contributed by atoms with Crippen molar-refractivity contribution in [1.82, 2.24) is 35.6 Å². The molecular formula is C103H130N10O10. The van der Waals surface area contributed by atoms with E-state index in [9.17, 15) is 47.9 Å². The summed E-state index contributed by atoms with van der Waals surface area (Å²) in [6.45, 7) is 41.2. The third-order valence-corrected chi connectivity index (χ3v) is 15.4. The molecule has 0 aliphatic heterocycles. The molecule has 0 spiro atoms. The van der Waals surface area contributed by atoms with Crippen LogP contribution in [0.1, 0.15) is 235 Å². The van der Waals surface area contributed by atoms with E-state index in [4.69, 9.17) is 0 Å². The lowest BCUT2D eigenvalue weighted by molar-refractivity contribution is 0.0955. The molecule has 123 heavy (non-hydrogen) atoms. The highest BCUT2D eigenvalue weighted by Crippen LogP contribution is 2.17. The number of anilines is 3. The molecule has 8 aromatic carbocycles. The summed E-state index contributed by atoms with van der Waals surface area (Å²) in [4.78, 5) is 137. The van der Waals surface area contributed by atoms with E-state index in [1.807, 2.05) is 203 Å². The second kappa shape index (κ2) is 64.1. The van der Waals surface area contributed by atoms with Crippen LogP contribution in [0.25, 0.3) is 54.5 Å². The fourth-order valence-corrected chi connectivity index (χ4v) is 10.3. The van der Waals surface area contributed by atoms with Crippen LogP contribution in [0.5, 0.6) is 0 Å². The number of aromatic amines is 5. The van der Waals surface area contributed by atoms with Gasteiger partial charge in [0.05, 0.1) is 0 Å². The van der Waals surface area contributed by atoms with Gasteiger partial charge in [0.25, 0.3) is 29.5 Å². The van der Waals surface area contributed by atoms with Crippen molar-refractivity contribution in [3.05, 3.63) is 370 Å². The van der Waals surface area contributed by atoms with Crippen LogP contribution in [-0.2, 0) is 0 Å². The number of pyridine rings is 5. The van der Waals surface area contributed by atoms with Gasteiger partial charge < -0.3 is 51.5 Å². The maximum atomic E-state index is 12.3. The van der Waals surface area contributed by atoms with Gasteiger partial charge in [0.15, 0.2) is 0 Å². The van der Waals surface area contributed by atoms with E-state index >= 15 is 0 Å².